The van der Waals surface area contributed by atoms with Gasteiger partial charge in [-0.1, -0.05) is 36.4 Å². The standard InChI is InChI=1S/C15H14N4O/c1-19(11-7-3-2-4-8-11)18-15(20)14-12-9-5-6-10-13(12)16-17-14/h2-10H,1H3,(H,16,17)(H,18,20). The topological polar surface area (TPSA) is 61.0 Å². The molecule has 0 saturated heterocycles. The highest BCUT2D eigenvalue weighted by Gasteiger charge is 2.15. The van der Waals surface area contributed by atoms with Crippen LogP contribution in [0.3, 0.4) is 0 Å². The summed E-state index contributed by atoms with van der Waals surface area (Å²) in [5.41, 5.74) is 4.95. The Kier molecular flexibility index (Phi) is 3.09. The first-order valence-electron chi connectivity index (χ1n) is 6.28. The Morgan fingerprint density at radius 2 is 1.80 bits per heavy atom. The normalized spacial score (nSPS) is 10.4. The summed E-state index contributed by atoms with van der Waals surface area (Å²) in [7, 11) is 1.79. The van der Waals surface area contributed by atoms with Gasteiger partial charge in [0.25, 0.3) is 5.91 Å². The monoisotopic (exact) mass is 266 g/mol. The Morgan fingerprint density at radius 3 is 2.60 bits per heavy atom. The molecule has 1 amide bonds. The summed E-state index contributed by atoms with van der Waals surface area (Å²) < 4.78 is 0. The van der Waals surface area contributed by atoms with Gasteiger partial charge in [-0.2, -0.15) is 5.10 Å². The Hall–Kier alpha value is -2.82. The number of H-pyrrole nitrogens is 1. The van der Waals surface area contributed by atoms with Gasteiger partial charge in [0.2, 0.25) is 0 Å². The number of nitrogens with one attached hydrogen (secondary N) is 2. The SMILES string of the molecule is CN(NC(=O)c1n[nH]c2ccccc12)c1ccccc1. The van der Waals surface area contributed by atoms with Crippen LogP contribution in [0.1, 0.15) is 10.5 Å². The highest BCUT2D eigenvalue weighted by molar-refractivity contribution is 6.05. The number of hydrogen-bond donors (Lipinski definition) is 2. The Bertz CT molecular complexity index is 736. The number of carbonyl (C=O) groups excluding carboxylic acids is 1. The summed E-state index contributed by atoms with van der Waals surface area (Å²) >= 11 is 0. The molecule has 20 heavy (non-hydrogen) atoms. The van der Waals surface area contributed by atoms with Crippen molar-refractivity contribution in [2.45, 2.75) is 0 Å². The van der Waals surface area contributed by atoms with Crippen molar-refractivity contribution in [2.75, 3.05) is 12.1 Å². The predicted molar refractivity (Wildman–Crippen MR) is 78.4 cm³/mol. The lowest BCUT2D eigenvalue weighted by atomic mass is 10.2. The highest BCUT2D eigenvalue weighted by Crippen LogP contribution is 2.15. The van der Waals surface area contributed by atoms with Gasteiger partial charge in [0.15, 0.2) is 5.69 Å². The number of aromatic amines is 1. The Morgan fingerprint density at radius 1 is 1.10 bits per heavy atom. The van der Waals surface area contributed by atoms with E-state index in [9.17, 15) is 4.79 Å². The van der Waals surface area contributed by atoms with E-state index in [2.05, 4.69) is 15.6 Å². The number of nitrogens with zero attached hydrogens (tertiary/aromatic N) is 2. The molecule has 0 unspecified atom stereocenters. The predicted octanol–water partition coefficient (Wildman–Crippen LogP) is 2.34. The van der Waals surface area contributed by atoms with E-state index in [0.717, 1.165) is 16.6 Å². The molecule has 2 N–H and O–H groups in total. The van der Waals surface area contributed by atoms with E-state index in [0.29, 0.717) is 5.69 Å². The summed E-state index contributed by atoms with van der Waals surface area (Å²) in [4.78, 5) is 12.3. The van der Waals surface area contributed by atoms with E-state index in [4.69, 9.17) is 0 Å². The van der Waals surface area contributed by atoms with E-state index in [-0.39, 0.29) is 5.91 Å². The second kappa shape index (κ2) is 5.05. The maximum absolute atomic E-state index is 12.3. The van der Waals surface area contributed by atoms with Gasteiger partial charge < -0.3 is 0 Å². The first-order valence-corrected chi connectivity index (χ1v) is 6.28. The molecular weight excluding hydrogens is 252 g/mol. The third-order valence-electron chi connectivity index (χ3n) is 3.10. The van der Waals surface area contributed by atoms with Crippen LogP contribution >= 0.6 is 0 Å². The van der Waals surface area contributed by atoms with Crippen LogP contribution in [-0.2, 0) is 0 Å². The van der Waals surface area contributed by atoms with Crippen LogP contribution in [0.2, 0.25) is 0 Å². The molecule has 2 aromatic carbocycles. The number of rotatable bonds is 3. The van der Waals surface area contributed by atoms with Gasteiger partial charge >= 0.3 is 0 Å². The van der Waals surface area contributed by atoms with E-state index in [1.54, 1.807) is 12.1 Å². The average molecular weight is 266 g/mol. The van der Waals surface area contributed by atoms with Crippen LogP contribution in [0.15, 0.2) is 54.6 Å². The van der Waals surface area contributed by atoms with Crippen molar-refractivity contribution in [1.82, 2.24) is 15.6 Å². The molecule has 0 aliphatic heterocycles. The van der Waals surface area contributed by atoms with Crippen molar-refractivity contribution in [3.05, 3.63) is 60.3 Å². The maximum atomic E-state index is 12.3. The molecule has 0 aliphatic carbocycles. The molecule has 0 saturated carbocycles. The van der Waals surface area contributed by atoms with Crippen LogP contribution in [-0.4, -0.2) is 23.2 Å². The second-order valence-corrected chi connectivity index (χ2v) is 4.45. The zero-order valence-corrected chi connectivity index (χ0v) is 11.0. The number of para-hydroxylation sites is 2. The number of amides is 1. The van der Waals surface area contributed by atoms with Crippen LogP contribution in [0.25, 0.3) is 10.9 Å². The molecule has 1 aromatic heterocycles. The van der Waals surface area contributed by atoms with Gasteiger partial charge in [0.1, 0.15) is 0 Å². The summed E-state index contributed by atoms with van der Waals surface area (Å²) in [6, 6.07) is 17.2. The summed E-state index contributed by atoms with van der Waals surface area (Å²) in [6.45, 7) is 0. The van der Waals surface area contributed by atoms with Gasteiger partial charge in [-0.15, -0.1) is 0 Å². The molecule has 0 aliphatic rings. The summed E-state index contributed by atoms with van der Waals surface area (Å²) in [5.74, 6) is -0.242. The average Bonchev–Trinajstić information content (AvgIpc) is 2.92. The fraction of sp³-hybridized carbons (Fsp3) is 0.0667. The van der Waals surface area contributed by atoms with Gasteiger partial charge in [0.05, 0.1) is 11.2 Å². The molecular formula is C15H14N4O. The van der Waals surface area contributed by atoms with Crippen molar-refractivity contribution in [3.63, 3.8) is 0 Å². The van der Waals surface area contributed by atoms with Gasteiger partial charge in [-0.25, -0.2) is 0 Å². The van der Waals surface area contributed by atoms with Crippen LogP contribution in [0.4, 0.5) is 5.69 Å². The molecule has 100 valence electrons. The number of anilines is 1. The van der Waals surface area contributed by atoms with Crippen LogP contribution in [0, 0.1) is 0 Å². The first kappa shape index (κ1) is 12.2. The summed E-state index contributed by atoms with van der Waals surface area (Å²) in [5, 5.41) is 9.41. The largest absolute Gasteiger partial charge is 0.290 e. The molecule has 3 rings (SSSR count). The van der Waals surface area contributed by atoms with E-state index >= 15 is 0 Å². The molecule has 0 fully saturated rings. The minimum absolute atomic E-state index is 0.242. The quantitative estimate of drug-likeness (QED) is 0.715. The van der Waals surface area contributed by atoms with Crippen molar-refractivity contribution < 1.29 is 4.79 Å². The molecule has 5 heteroatoms. The fourth-order valence-corrected chi connectivity index (χ4v) is 2.06. The lowest BCUT2D eigenvalue weighted by Crippen LogP contribution is -2.39. The third kappa shape index (κ3) is 2.21. The minimum atomic E-state index is -0.242. The Labute approximate surface area is 116 Å². The van der Waals surface area contributed by atoms with Crippen LogP contribution in [0.5, 0.6) is 0 Å². The van der Waals surface area contributed by atoms with E-state index < -0.39 is 0 Å². The van der Waals surface area contributed by atoms with Gasteiger partial charge in [0, 0.05) is 12.4 Å². The van der Waals surface area contributed by atoms with E-state index in [1.165, 1.54) is 0 Å². The molecule has 5 nitrogen and oxygen atoms in total. The second-order valence-electron chi connectivity index (χ2n) is 4.45. The highest BCUT2D eigenvalue weighted by atomic mass is 16.2. The fourth-order valence-electron chi connectivity index (χ4n) is 2.06. The van der Waals surface area contributed by atoms with Crippen molar-refractivity contribution in [3.8, 4) is 0 Å². The number of carbonyl (C=O) groups is 1. The summed E-state index contributed by atoms with van der Waals surface area (Å²) in [6.07, 6.45) is 0. The smallest absolute Gasteiger partial charge is 0.288 e. The Balaban J connectivity index is 1.83. The maximum Gasteiger partial charge on any atom is 0.290 e. The molecule has 3 aromatic rings. The molecule has 0 radical (unpaired) electrons. The first-order chi connectivity index (χ1) is 9.75. The van der Waals surface area contributed by atoms with Crippen LogP contribution < -0.4 is 10.4 Å². The van der Waals surface area contributed by atoms with Crippen molar-refractivity contribution in [2.24, 2.45) is 0 Å². The van der Waals surface area contributed by atoms with Crippen molar-refractivity contribution in [1.29, 1.82) is 0 Å². The molecule has 0 bridgehead atoms. The van der Waals surface area contributed by atoms with Gasteiger partial charge in [-0.3, -0.25) is 20.3 Å². The van der Waals surface area contributed by atoms with Gasteiger partial charge in [-0.05, 0) is 18.2 Å². The van der Waals surface area contributed by atoms with E-state index in [1.807, 2.05) is 54.6 Å². The number of hydrazine groups is 1. The lowest BCUT2D eigenvalue weighted by Gasteiger charge is -2.19. The third-order valence-corrected chi connectivity index (χ3v) is 3.10. The number of hydrogen-bond acceptors (Lipinski definition) is 3. The van der Waals surface area contributed by atoms with Crippen molar-refractivity contribution >= 4 is 22.5 Å². The zero-order valence-electron chi connectivity index (χ0n) is 11.0. The minimum Gasteiger partial charge on any atom is -0.288 e. The lowest BCUT2D eigenvalue weighted by molar-refractivity contribution is 0.0948. The molecule has 0 spiro atoms. The number of fused-ring (bicyclic) bond motifs is 1. The zero-order chi connectivity index (χ0) is 13.9. The molecule has 1 heterocycles. The number of aromatic nitrogens is 2. The molecule has 0 atom stereocenters. The number of benzene rings is 2.